The molecule has 0 radical (unpaired) electrons. The Morgan fingerprint density at radius 1 is 1.73 bits per heavy atom. The summed E-state index contributed by atoms with van der Waals surface area (Å²) in [4.78, 5) is 0. The standard InChI is InChI=1S/C10H12O/c1-2-7-8-3-4-10(8)6-11-5-9(7)10/h2-4,8-9H,5-6H2,1H3/b7-2+/t8-,9-,10?/m0/s1. The van der Waals surface area contributed by atoms with Gasteiger partial charge in [-0.3, -0.25) is 0 Å². The molecule has 1 unspecified atom stereocenters. The molecule has 0 N–H and O–H groups in total. The third-order valence-corrected chi connectivity index (χ3v) is 3.56. The summed E-state index contributed by atoms with van der Waals surface area (Å²) in [5.74, 6) is 1.49. The Kier molecular flexibility index (Phi) is 0.880. The SMILES string of the molecule is C/C=C1\[C@@H]2C=CC23COC[C@@H]13. The molecule has 2 aliphatic carbocycles. The van der Waals surface area contributed by atoms with E-state index in [4.69, 9.17) is 4.74 Å². The van der Waals surface area contributed by atoms with Gasteiger partial charge in [0.1, 0.15) is 0 Å². The Labute approximate surface area is 66.7 Å². The first-order valence-electron chi connectivity index (χ1n) is 4.32. The molecular weight excluding hydrogens is 136 g/mol. The van der Waals surface area contributed by atoms with Gasteiger partial charge in [0.25, 0.3) is 0 Å². The lowest BCUT2D eigenvalue weighted by Gasteiger charge is -2.56. The molecule has 3 atom stereocenters. The van der Waals surface area contributed by atoms with Gasteiger partial charge >= 0.3 is 0 Å². The summed E-state index contributed by atoms with van der Waals surface area (Å²) >= 11 is 0. The lowest BCUT2D eigenvalue weighted by molar-refractivity contribution is 0.113. The first-order valence-corrected chi connectivity index (χ1v) is 4.32. The maximum absolute atomic E-state index is 5.50. The van der Waals surface area contributed by atoms with E-state index in [-0.39, 0.29) is 0 Å². The summed E-state index contributed by atoms with van der Waals surface area (Å²) < 4.78 is 5.50. The quantitative estimate of drug-likeness (QED) is 0.476. The molecule has 11 heavy (non-hydrogen) atoms. The van der Waals surface area contributed by atoms with Crippen LogP contribution >= 0.6 is 0 Å². The van der Waals surface area contributed by atoms with E-state index >= 15 is 0 Å². The van der Waals surface area contributed by atoms with Crippen LogP contribution in [0.1, 0.15) is 6.92 Å². The van der Waals surface area contributed by atoms with Crippen molar-refractivity contribution in [1.82, 2.24) is 0 Å². The van der Waals surface area contributed by atoms with E-state index in [0.717, 1.165) is 25.0 Å². The maximum atomic E-state index is 5.50. The van der Waals surface area contributed by atoms with Crippen molar-refractivity contribution in [2.45, 2.75) is 6.92 Å². The van der Waals surface area contributed by atoms with Gasteiger partial charge in [-0.25, -0.2) is 0 Å². The second-order valence-electron chi connectivity index (χ2n) is 3.81. The molecule has 58 valence electrons. The highest BCUT2D eigenvalue weighted by molar-refractivity contribution is 5.45. The van der Waals surface area contributed by atoms with Crippen molar-refractivity contribution in [2.24, 2.45) is 17.3 Å². The van der Waals surface area contributed by atoms with Gasteiger partial charge in [-0.2, -0.15) is 0 Å². The van der Waals surface area contributed by atoms with Gasteiger partial charge in [-0.1, -0.05) is 23.8 Å². The van der Waals surface area contributed by atoms with Crippen molar-refractivity contribution in [3.8, 4) is 0 Å². The van der Waals surface area contributed by atoms with Gasteiger partial charge < -0.3 is 4.74 Å². The second kappa shape index (κ2) is 1.61. The summed E-state index contributed by atoms with van der Waals surface area (Å²) in [7, 11) is 0. The lowest BCUT2D eigenvalue weighted by Crippen LogP contribution is -2.53. The Morgan fingerprint density at radius 3 is 3.27 bits per heavy atom. The van der Waals surface area contributed by atoms with Crippen LogP contribution in [0.5, 0.6) is 0 Å². The lowest BCUT2D eigenvalue weighted by atomic mass is 9.46. The second-order valence-corrected chi connectivity index (χ2v) is 3.81. The van der Waals surface area contributed by atoms with Crippen molar-refractivity contribution in [3.63, 3.8) is 0 Å². The Balaban J connectivity index is 2.05. The van der Waals surface area contributed by atoms with E-state index in [1.807, 2.05) is 0 Å². The van der Waals surface area contributed by atoms with Crippen LogP contribution in [0.3, 0.4) is 0 Å². The minimum atomic E-state index is 0.474. The average Bonchev–Trinajstić information content (AvgIpc) is 2.40. The van der Waals surface area contributed by atoms with Crippen LogP contribution < -0.4 is 0 Å². The molecular formula is C10H12O. The molecule has 1 saturated heterocycles. The van der Waals surface area contributed by atoms with Crippen LogP contribution in [0.25, 0.3) is 0 Å². The summed E-state index contributed by atoms with van der Waals surface area (Å²) in [6, 6.07) is 0. The van der Waals surface area contributed by atoms with E-state index in [0.29, 0.717) is 5.41 Å². The van der Waals surface area contributed by atoms with Crippen LogP contribution in [-0.4, -0.2) is 13.2 Å². The molecule has 1 aliphatic heterocycles. The molecule has 1 saturated carbocycles. The Morgan fingerprint density at radius 2 is 2.64 bits per heavy atom. The predicted octanol–water partition coefficient (Wildman–Crippen LogP) is 1.77. The summed E-state index contributed by atoms with van der Waals surface area (Å²) in [6.45, 7) is 4.07. The van der Waals surface area contributed by atoms with E-state index < -0.39 is 0 Å². The zero-order valence-corrected chi connectivity index (χ0v) is 6.71. The Hall–Kier alpha value is -0.560. The summed E-state index contributed by atoms with van der Waals surface area (Å²) in [5.41, 5.74) is 2.09. The predicted molar refractivity (Wildman–Crippen MR) is 43.1 cm³/mol. The molecule has 0 aromatic carbocycles. The third kappa shape index (κ3) is 0.441. The zero-order chi connectivity index (χ0) is 7.47. The van der Waals surface area contributed by atoms with Crippen molar-refractivity contribution in [1.29, 1.82) is 0 Å². The van der Waals surface area contributed by atoms with Crippen molar-refractivity contribution in [2.75, 3.05) is 13.2 Å². The molecule has 2 fully saturated rings. The van der Waals surface area contributed by atoms with Crippen LogP contribution in [0.4, 0.5) is 0 Å². The molecule has 1 heterocycles. The van der Waals surface area contributed by atoms with Gasteiger partial charge in [0.05, 0.1) is 13.2 Å². The fourth-order valence-electron chi connectivity index (χ4n) is 2.85. The number of hydrogen-bond acceptors (Lipinski definition) is 1. The molecule has 0 amide bonds. The Bertz CT molecular complexity index is 264. The van der Waals surface area contributed by atoms with Gasteiger partial charge in [-0.15, -0.1) is 0 Å². The van der Waals surface area contributed by atoms with Crippen molar-refractivity contribution in [3.05, 3.63) is 23.8 Å². The maximum Gasteiger partial charge on any atom is 0.0572 e. The van der Waals surface area contributed by atoms with E-state index in [2.05, 4.69) is 25.2 Å². The largest absolute Gasteiger partial charge is 0.380 e. The summed E-state index contributed by atoms with van der Waals surface area (Å²) in [5, 5.41) is 0. The minimum absolute atomic E-state index is 0.474. The van der Waals surface area contributed by atoms with E-state index in [1.165, 1.54) is 0 Å². The van der Waals surface area contributed by atoms with Gasteiger partial charge in [0.2, 0.25) is 0 Å². The number of hydrogen-bond donors (Lipinski definition) is 0. The molecule has 3 rings (SSSR count). The van der Waals surface area contributed by atoms with Gasteiger partial charge in [0.15, 0.2) is 0 Å². The number of rotatable bonds is 0. The number of allylic oxidation sites excluding steroid dienone is 2. The van der Waals surface area contributed by atoms with Crippen molar-refractivity contribution < 1.29 is 4.74 Å². The van der Waals surface area contributed by atoms with Crippen molar-refractivity contribution >= 4 is 0 Å². The third-order valence-electron chi connectivity index (χ3n) is 3.56. The van der Waals surface area contributed by atoms with Gasteiger partial charge in [0, 0.05) is 17.3 Å². The monoisotopic (exact) mass is 148 g/mol. The normalized spacial score (nSPS) is 54.8. The van der Waals surface area contributed by atoms with Gasteiger partial charge in [-0.05, 0) is 6.92 Å². The highest BCUT2D eigenvalue weighted by Gasteiger charge is 2.62. The molecule has 0 aromatic rings. The van der Waals surface area contributed by atoms with Crippen LogP contribution in [0.15, 0.2) is 23.8 Å². The van der Waals surface area contributed by atoms with Crippen LogP contribution in [-0.2, 0) is 4.74 Å². The molecule has 0 bridgehead atoms. The topological polar surface area (TPSA) is 9.23 Å². The molecule has 1 heteroatoms. The fraction of sp³-hybridized carbons (Fsp3) is 0.600. The molecule has 1 spiro atoms. The fourth-order valence-corrected chi connectivity index (χ4v) is 2.85. The highest BCUT2D eigenvalue weighted by Crippen LogP contribution is 2.65. The zero-order valence-electron chi connectivity index (χ0n) is 6.71. The first kappa shape index (κ1) is 6.01. The molecule has 1 nitrogen and oxygen atoms in total. The van der Waals surface area contributed by atoms with Crippen LogP contribution in [0, 0.1) is 17.3 Å². The molecule has 3 aliphatic rings. The van der Waals surface area contributed by atoms with E-state index in [1.54, 1.807) is 5.57 Å². The van der Waals surface area contributed by atoms with Crippen LogP contribution in [0.2, 0.25) is 0 Å². The highest BCUT2D eigenvalue weighted by atomic mass is 16.5. The molecule has 0 aromatic heterocycles. The first-order chi connectivity index (χ1) is 5.38. The minimum Gasteiger partial charge on any atom is -0.380 e. The van der Waals surface area contributed by atoms with E-state index in [9.17, 15) is 0 Å². The summed E-state index contributed by atoms with van der Waals surface area (Å²) in [6.07, 6.45) is 6.94. The number of ether oxygens (including phenoxy) is 1. The smallest absolute Gasteiger partial charge is 0.0572 e. The average molecular weight is 148 g/mol.